The van der Waals surface area contributed by atoms with Crippen molar-refractivity contribution in [3.05, 3.63) is 13.8 Å². The van der Waals surface area contributed by atoms with E-state index in [9.17, 15) is 0 Å². The molecule has 0 rings (SSSR count). The Balaban J connectivity index is -0.000000107. The Kier molecular flexibility index (Phi) is 27.4. The first-order valence-corrected chi connectivity index (χ1v) is 2.62. The molecule has 0 radical (unpaired) electrons. The monoisotopic (exact) mass is 217 g/mol. The van der Waals surface area contributed by atoms with Gasteiger partial charge in [0.2, 0.25) is 0 Å². The van der Waals surface area contributed by atoms with Crippen LogP contribution in [0.2, 0.25) is 0 Å². The van der Waals surface area contributed by atoms with E-state index in [4.69, 9.17) is 5.41 Å². The maximum atomic E-state index is 5.74. The van der Waals surface area contributed by atoms with Crippen LogP contribution in [0.5, 0.6) is 0 Å². The maximum Gasteiger partial charge on any atom is 3.00 e. The zero-order valence-corrected chi connectivity index (χ0v) is 9.27. The van der Waals surface area contributed by atoms with Crippen molar-refractivity contribution >= 4 is 6.34 Å². The number of hydrogen-bond donors (Lipinski definition) is 2. The third-order valence-corrected chi connectivity index (χ3v) is 0.763. The average molecular weight is 217 g/mol. The zero-order chi connectivity index (χ0) is 7.70. The van der Waals surface area contributed by atoms with E-state index in [1.807, 2.05) is 11.9 Å². The van der Waals surface area contributed by atoms with Gasteiger partial charge in [0.25, 0.3) is 0 Å². The predicted octanol–water partition coefficient (Wildman–Crippen LogP) is 0.0131. The third kappa shape index (κ3) is 23.6. The summed E-state index contributed by atoms with van der Waals surface area (Å²) in [5.74, 6) is 0. The van der Waals surface area contributed by atoms with Crippen molar-refractivity contribution in [2.45, 2.75) is 0 Å². The Morgan fingerprint density at radius 3 is 1.70 bits per heavy atom. The summed E-state index contributed by atoms with van der Waals surface area (Å²) in [6, 6.07) is 0. The number of nitrogens with one attached hydrogen (secondary N) is 1. The Labute approximate surface area is 88.7 Å². The Morgan fingerprint density at radius 1 is 1.50 bits per heavy atom. The Morgan fingerprint density at radius 2 is 1.70 bits per heavy atom. The van der Waals surface area contributed by atoms with E-state index in [-0.39, 0.29) is 32.7 Å². The second-order valence-corrected chi connectivity index (χ2v) is 1.45. The molecule has 10 heavy (non-hydrogen) atoms. The van der Waals surface area contributed by atoms with Gasteiger partial charge >= 0.3 is 32.7 Å². The minimum Gasteiger partial charge on any atom is -0.563 e. The molecule has 0 atom stereocenters. The maximum absolute atomic E-state index is 5.74. The average Bonchev–Trinajstić information content (AvgIpc) is 1.88. The molecule has 0 saturated carbocycles. The third-order valence-electron chi connectivity index (χ3n) is 0.763. The molecule has 0 aromatic heterocycles. The Hall–Kier alpha value is 0.534. The van der Waals surface area contributed by atoms with Gasteiger partial charge < -0.3 is 36.2 Å². The second kappa shape index (κ2) is 16.3. The number of hydrogen-bond acceptors (Lipinski definition) is 2. The molecule has 0 saturated heterocycles. The molecule has 0 spiro atoms. The van der Waals surface area contributed by atoms with Gasteiger partial charge in [-0.2, -0.15) is 0 Å². The summed E-state index contributed by atoms with van der Waals surface area (Å²) in [5, 5.41) is 5.74. The summed E-state index contributed by atoms with van der Waals surface area (Å²) in [6.07, 6.45) is 1.50. The summed E-state index contributed by atoms with van der Waals surface area (Å²) in [6.45, 7) is 8.99. The minimum absolute atomic E-state index is 0. The molecule has 3 N–H and O–H groups in total. The van der Waals surface area contributed by atoms with Gasteiger partial charge in [-0.15, -0.1) is 13.1 Å². The van der Waals surface area contributed by atoms with E-state index in [1.165, 1.54) is 6.34 Å². The van der Waals surface area contributed by atoms with E-state index < -0.39 is 0 Å². The molecule has 0 aliphatic heterocycles. The van der Waals surface area contributed by atoms with Crippen molar-refractivity contribution in [3.8, 4) is 0 Å². The molecule has 0 bridgehead atoms. The van der Waals surface area contributed by atoms with E-state index in [0.717, 1.165) is 13.1 Å². The topological polar surface area (TPSA) is 53.1 Å². The molecule has 0 aromatic rings. The van der Waals surface area contributed by atoms with Crippen LogP contribution in [0.3, 0.4) is 0 Å². The largest absolute Gasteiger partial charge is 3.00 e. The standard InChI is InChI=1S/C5H11N.CH3N2.Y/c1-4-6(3)5-2;2-1-3;/h1-2,4-5H2,3H3;(H3,2,3);/q-2;-1;+3. The zero-order valence-electron chi connectivity index (χ0n) is 6.43. The van der Waals surface area contributed by atoms with Crippen LogP contribution >= 0.6 is 0 Å². The van der Waals surface area contributed by atoms with Crippen LogP contribution in [0.15, 0.2) is 0 Å². The van der Waals surface area contributed by atoms with Gasteiger partial charge in [0.15, 0.2) is 0 Å². The van der Waals surface area contributed by atoms with Crippen molar-refractivity contribution in [1.82, 2.24) is 4.90 Å². The fraction of sp³-hybridized carbons (Fsp3) is 0.500. The van der Waals surface area contributed by atoms with E-state index in [1.54, 1.807) is 0 Å². The van der Waals surface area contributed by atoms with Crippen molar-refractivity contribution in [3.63, 3.8) is 0 Å². The van der Waals surface area contributed by atoms with Crippen molar-refractivity contribution in [2.24, 2.45) is 5.73 Å². The van der Waals surface area contributed by atoms with Crippen molar-refractivity contribution in [2.75, 3.05) is 20.1 Å². The summed E-state index contributed by atoms with van der Waals surface area (Å²) in [4.78, 5) is 2.03. The fourth-order valence-corrected chi connectivity index (χ4v) is 0.112. The molecular weight excluding hydrogens is 203 g/mol. The first kappa shape index (κ1) is 16.9. The van der Waals surface area contributed by atoms with Crippen LogP contribution in [-0.2, 0) is 32.7 Å². The molecule has 0 fully saturated rings. The quantitative estimate of drug-likeness (QED) is 0.296. The molecule has 0 aliphatic rings. The van der Waals surface area contributed by atoms with Gasteiger partial charge in [-0.05, 0) is 7.05 Å². The van der Waals surface area contributed by atoms with Gasteiger partial charge in [0.05, 0.1) is 0 Å². The number of nitrogens with zero attached hydrogens (tertiary/aromatic N) is 1. The Bertz CT molecular complexity index is 55.0. The molecule has 3 nitrogen and oxygen atoms in total. The van der Waals surface area contributed by atoms with Crippen LogP contribution < -0.4 is 5.73 Å². The second-order valence-electron chi connectivity index (χ2n) is 1.45. The molecule has 0 unspecified atom stereocenters. The normalized spacial score (nSPS) is 7.20. The molecule has 56 valence electrons. The van der Waals surface area contributed by atoms with E-state index in [0.29, 0.717) is 0 Å². The smallest absolute Gasteiger partial charge is 0.563 e. The molecule has 0 aliphatic carbocycles. The summed E-state index contributed by atoms with van der Waals surface area (Å²) >= 11 is 0. The number of nitrogens with two attached hydrogens (primary N) is 1. The molecule has 0 heterocycles. The van der Waals surface area contributed by atoms with Crippen LogP contribution in [-0.4, -0.2) is 31.4 Å². The minimum atomic E-state index is 0. The molecular formula is C6H14N3Y. The van der Waals surface area contributed by atoms with E-state index in [2.05, 4.69) is 19.6 Å². The number of rotatable bonds is 2. The van der Waals surface area contributed by atoms with Crippen molar-refractivity contribution in [1.29, 1.82) is 5.41 Å². The molecule has 0 amide bonds. The first-order chi connectivity index (χ1) is 4.22. The molecule has 4 heteroatoms. The summed E-state index contributed by atoms with van der Waals surface area (Å²) in [5.41, 5.74) is 4.26. The first-order valence-electron chi connectivity index (χ1n) is 2.62. The van der Waals surface area contributed by atoms with Crippen LogP contribution in [0.1, 0.15) is 0 Å². The van der Waals surface area contributed by atoms with E-state index >= 15 is 0 Å². The van der Waals surface area contributed by atoms with Crippen molar-refractivity contribution < 1.29 is 32.7 Å². The predicted molar refractivity (Wildman–Crippen MR) is 40.1 cm³/mol. The van der Waals surface area contributed by atoms with Gasteiger partial charge in [0, 0.05) is 0 Å². The molecule has 0 aromatic carbocycles. The SMILES string of the molecule is N=[C-]N.[CH2-]CN(C)C[CH2-].[Y+3]. The van der Waals surface area contributed by atoms with Crippen LogP contribution in [0, 0.1) is 19.3 Å². The van der Waals surface area contributed by atoms with Gasteiger partial charge in [-0.1, -0.05) is 0 Å². The summed E-state index contributed by atoms with van der Waals surface area (Å²) < 4.78 is 0. The van der Waals surface area contributed by atoms with Gasteiger partial charge in [0.1, 0.15) is 0 Å². The summed E-state index contributed by atoms with van der Waals surface area (Å²) in [7, 11) is 1.99. The van der Waals surface area contributed by atoms with Gasteiger partial charge in [-0.3, -0.25) is 0 Å². The van der Waals surface area contributed by atoms with Crippen LogP contribution in [0.25, 0.3) is 0 Å². The fourth-order valence-electron chi connectivity index (χ4n) is 0.112. The van der Waals surface area contributed by atoms with Crippen LogP contribution in [0.4, 0.5) is 0 Å². The van der Waals surface area contributed by atoms with Gasteiger partial charge in [-0.25, -0.2) is 0 Å².